The number of rotatable bonds is 8. The molecule has 1 aliphatic rings. The van der Waals surface area contributed by atoms with E-state index in [4.69, 9.17) is 0 Å². The molecule has 1 fully saturated rings. The van der Waals surface area contributed by atoms with E-state index in [0.717, 1.165) is 36.9 Å². The van der Waals surface area contributed by atoms with Gasteiger partial charge in [0.2, 0.25) is 0 Å². The maximum atomic E-state index is 10.9. The van der Waals surface area contributed by atoms with Crippen LogP contribution in [-0.2, 0) is 0 Å². The number of nitro groups is 1. The minimum absolute atomic E-state index is 0.129. The summed E-state index contributed by atoms with van der Waals surface area (Å²) in [4.78, 5) is 15.4. The van der Waals surface area contributed by atoms with Crippen LogP contribution in [0.3, 0.4) is 0 Å². The highest BCUT2D eigenvalue weighted by molar-refractivity contribution is 5.64. The second-order valence-corrected chi connectivity index (χ2v) is 7.00. The zero-order valence-electron chi connectivity index (χ0n) is 15.4. The Morgan fingerprint density at radius 2 is 1.77 bits per heavy atom. The van der Waals surface area contributed by atoms with Gasteiger partial charge in [0, 0.05) is 36.1 Å². The Balaban J connectivity index is 1.65. The van der Waals surface area contributed by atoms with Crippen molar-refractivity contribution in [1.29, 1.82) is 0 Å². The van der Waals surface area contributed by atoms with Crippen molar-refractivity contribution in [3.05, 3.63) is 64.7 Å². The first-order valence-electron chi connectivity index (χ1n) is 9.46. The Morgan fingerprint density at radius 1 is 1.08 bits per heavy atom. The van der Waals surface area contributed by atoms with Gasteiger partial charge in [-0.1, -0.05) is 18.2 Å². The second kappa shape index (κ2) is 8.81. The third-order valence-corrected chi connectivity index (χ3v) is 5.21. The van der Waals surface area contributed by atoms with Gasteiger partial charge in [0.15, 0.2) is 0 Å². The maximum Gasteiger partial charge on any atom is 0.269 e. The van der Waals surface area contributed by atoms with E-state index < -0.39 is 0 Å². The molecule has 0 aromatic heterocycles. The number of unbranched alkanes of at least 4 members (excludes halogenated alkanes) is 1. The largest absolute Gasteiger partial charge is 0.341 e. The molecule has 1 heterocycles. The number of anilines is 2. The summed E-state index contributed by atoms with van der Waals surface area (Å²) in [6.07, 6.45) is 4.90. The van der Waals surface area contributed by atoms with Crippen molar-refractivity contribution in [1.82, 2.24) is 4.90 Å². The van der Waals surface area contributed by atoms with Crippen molar-refractivity contribution in [2.75, 3.05) is 24.5 Å². The number of nitro benzene ring substituents is 1. The molecule has 0 bridgehead atoms. The Hall–Kier alpha value is -2.40. The maximum absolute atomic E-state index is 10.9. The van der Waals surface area contributed by atoms with Gasteiger partial charge in [-0.15, -0.1) is 0 Å². The lowest BCUT2D eigenvalue weighted by molar-refractivity contribution is -0.384. The van der Waals surface area contributed by atoms with Crippen LogP contribution in [0.4, 0.5) is 17.1 Å². The van der Waals surface area contributed by atoms with Gasteiger partial charge < -0.3 is 9.80 Å². The quantitative estimate of drug-likeness (QED) is 0.381. The van der Waals surface area contributed by atoms with E-state index in [0.29, 0.717) is 0 Å². The molecule has 138 valence electrons. The van der Waals surface area contributed by atoms with Gasteiger partial charge in [-0.05, 0) is 70.0 Å². The minimum atomic E-state index is -0.353. The van der Waals surface area contributed by atoms with Crippen LogP contribution in [0.1, 0.15) is 32.6 Å². The first-order chi connectivity index (χ1) is 12.6. The SMILES string of the molecule is C[C@H]1CCCN1CCCCN(c1ccccc1)c1ccc([N+](=O)[O-])cc1. The lowest BCUT2D eigenvalue weighted by Crippen LogP contribution is -2.28. The Bertz CT molecular complexity index is 703. The predicted octanol–water partition coefficient (Wildman–Crippen LogP) is 5.00. The summed E-state index contributed by atoms with van der Waals surface area (Å²) in [7, 11) is 0. The standard InChI is InChI=1S/C21H27N3O2/c1-18-8-7-16-22(18)15-5-6-17-23(19-9-3-2-4-10-19)20-11-13-21(14-12-20)24(25)26/h2-4,9-14,18H,5-8,15-17H2,1H3/t18-/m0/s1. The van der Waals surface area contributed by atoms with E-state index in [-0.39, 0.29) is 10.6 Å². The van der Waals surface area contributed by atoms with Gasteiger partial charge in [0.25, 0.3) is 5.69 Å². The van der Waals surface area contributed by atoms with Crippen LogP contribution in [0.15, 0.2) is 54.6 Å². The van der Waals surface area contributed by atoms with E-state index in [9.17, 15) is 10.1 Å². The zero-order chi connectivity index (χ0) is 18.4. The van der Waals surface area contributed by atoms with E-state index in [2.05, 4.69) is 28.9 Å². The van der Waals surface area contributed by atoms with Gasteiger partial charge >= 0.3 is 0 Å². The third-order valence-electron chi connectivity index (χ3n) is 5.21. The van der Waals surface area contributed by atoms with Crippen molar-refractivity contribution in [3.8, 4) is 0 Å². The molecule has 1 aliphatic heterocycles. The zero-order valence-corrected chi connectivity index (χ0v) is 15.4. The van der Waals surface area contributed by atoms with Crippen molar-refractivity contribution in [2.45, 2.75) is 38.6 Å². The molecule has 5 nitrogen and oxygen atoms in total. The van der Waals surface area contributed by atoms with E-state index in [1.165, 1.54) is 25.8 Å². The molecule has 5 heteroatoms. The summed E-state index contributed by atoms with van der Waals surface area (Å²) >= 11 is 0. The number of non-ortho nitro benzene ring substituents is 1. The highest BCUT2D eigenvalue weighted by Gasteiger charge is 2.19. The van der Waals surface area contributed by atoms with Crippen LogP contribution in [-0.4, -0.2) is 35.5 Å². The van der Waals surface area contributed by atoms with Crippen LogP contribution >= 0.6 is 0 Å². The molecule has 0 spiro atoms. The summed E-state index contributed by atoms with van der Waals surface area (Å²) < 4.78 is 0. The van der Waals surface area contributed by atoms with Crippen LogP contribution < -0.4 is 4.90 Å². The van der Waals surface area contributed by atoms with Crippen LogP contribution in [0.2, 0.25) is 0 Å². The average Bonchev–Trinajstić information content (AvgIpc) is 3.07. The lowest BCUT2D eigenvalue weighted by Gasteiger charge is -2.26. The molecule has 0 saturated carbocycles. The van der Waals surface area contributed by atoms with Gasteiger partial charge in [0.1, 0.15) is 0 Å². The minimum Gasteiger partial charge on any atom is -0.341 e. The molecule has 1 saturated heterocycles. The van der Waals surface area contributed by atoms with E-state index in [1.54, 1.807) is 12.1 Å². The molecule has 2 aromatic rings. The van der Waals surface area contributed by atoms with Crippen molar-refractivity contribution >= 4 is 17.1 Å². The number of hydrogen-bond donors (Lipinski definition) is 0. The van der Waals surface area contributed by atoms with E-state index in [1.807, 2.05) is 30.3 Å². The fourth-order valence-electron chi connectivity index (χ4n) is 3.68. The molecule has 0 N–H and O–H groups in total. The summed E-state index contributed by atoms with van der Waals surface area (Å²) in [5.41, 5.74) is 2.25. The second-order valence-electron chi connectivity index (χ2n) is 7.00. The van der Waals surface area contributed by atoms with Crippen LogP contribution in [0, 0.1) is 10.1 Å². The number of hydrogen-bond acceptors (Lipinski definition) is 4. The molecule has 1 atom stereocenters. The molecular weight excluding hydrogens is 326 g/mol. The first-order valence-corrected chi connectivity index (χ1v) is 9.46. The Morgan fingerprint density at radius 3 is 2.38 bits per heavy atom. The number of likely N-dealkylation sites (tertiary alicyclic amines) is 1. The normalized spacial score (nSPS) is 17.3. The molecular formula is C21H27N3O2. The lowest BCUT2D eigenvalue weighted by atomic mass is 10.2. The molecule has 2 aromatic carbocycles. The fourth-order valence-corrected chi connectivity index (χ4v) is 3.68. The summed E-state index contributed by atoms with van der Waals surface area (Å²) in [5, 5.41) is 10.9. The molecule has 0 amide bonds. The molecule has 26 heavy (non-hydrogen) atoms. The fraction of sp³-hybridized carbons (Fsp3) is 0.429. The van der Waals surface area contributed by atoms with Crippen molar-refractivity contribution < 1.29 is 4.92 Å². The van der Waals surface area contributed by atoms with Gasteiger partial charge in [-0.3, -0.25) is 10.1 Å². The highest BCUT2D eigenvalue weighted by atomic mass is 16.6. The molecule has 3 rings (SSSR count). The summed E-state index contributed by atoms with van der Waals surface area (Å²) in [6, 6.07) is 17.8. The third kappa shape index (κ3) is 4.61. The summed E-state index contributed by atoms with van der Waals surface area (Å²) in [6.45, 7) is 5.61. The smallest absolute Gasteiger partial charge is 0.269 e. The molecule has 0 radical (unpaired) electrons. The van der Waals surface area contributed by atoms with Gasteiger partial charge in [-0.2, -0.15) is 0 Å². The Kier molecular flexibility index (Phi) is 6.23. The highest BCUT2D eigenvalue weighted by Crippen LogP contribution is 2.27. The predicted molar refractivity (Wildman–Crippen MR) is 106 cm³/mol. The first kappa shape index (κ1) is 18.4. The van der Waals surface area contributed by atoms with Gasteiger partial charge in [-0.25, -0.2) is 0 Å². The van der Waals surface area contributed by atoms with Crippen molar-refractivity contribution in [2.24, 2.45) is 0 Å². The number of nitrogens with zero attached hydrogens (tertiary/aromatic N) is 3. The topological polar surface area (TPSA) is 49.6 Å². The molecule has 0 aliphatic carbocycles. The monoisotopic (exact) mass is 353 g/mol. The number of benzene rings is 2. The van der Waals surface area contributed by atoms with Gasteiger partial charge in [0.05, 0.1) is 4.92 Å². The average molecular weight is 353 g/mol. The summed E-state index contributed by atoms with van der Waals surface area (Å²) in [5.74, 6) is 0. The number of para-hydroxylation sites is 1. The van der Waals surface area contributed by atoms with E-state index >= 15 is 0 Å². The van der Waals surface area contributed by atoms with Crippen LogP contribution in [0.5, 0.6) is 0 Å². The molecule has 0 unspecified atom stereocenters. The van der Waals surface area contributed by atoms with Crippen LogP contribution in [0.25, 0.3) is 0 Å². The van der Waals surface area contributed by atoms with Crippen molar-refractivity contribution in [3.63, 3.8) is 0 Å². The Labute approximate surface area is 155 Å².